The molecule has 98 valence electrons. The Morgan fingerprint density at radius 3 is 2.61 bits per heavy atom. The summed E-state index contributed by atoms with van der Waals surface area (Å²) in [5.41, 5.74) is 0.697. The number of hydrogen-bond acceptors (Lipinski definition) is 1. The Morgan fingerprint density at radius 2 is 2.00 bits per heavy atom. The molecule has 0 aliphatic heterocycles. The normalized spacial score (nSPS) is 17.7. The Balaban J connectivity index is 2.02. The van der Waals surface area contributed by atoms with Crippen LogP contribution in [0.4, 0.5) is 0 Å². The molecule has 1 amide bonds. The van der Waals surface area contributed by atoms with E-state index >= 15 is 0 Å². The van der Waals surface area contributed by atoms with Gasteiger partial charge in [-0.3, -0.25) is 4.79 Å². The molecule has 1 aliphatic carbocycles. The average molecular weight is 375 g/mol. The minimum absolute atomic E-state index is 0.00813. The number of hydrogen-bond donors (Lipinski definition) is 1. The standard InChI is InChI=1S/C14H17Br2NO/c1-9(10-4-2-3-5-10)17-14(18)12-7-6-11(15)8-13(12)16/h6-10H,2-5H2,1H3,(H,17,18). The Bertz CT molecular complexity index is 441. The summed E-state index contributed by atoms with van der Waals surface area (Å²) >= 11 is 6.82. The van der Waals surface area contributed by atoms with E-state index in [1.165, 1.54) is 25.7 Å². The highest BCUT2D eigenvalue weighted by Crippen LogP contribution is 2.28. The van der Waals surface area contributed by atoms with Gasteiger partial charge in [-0.05, 0) is 59.8 Å². The Morgan fingerprint density at radius 1 is 1.33 bits per heavy atom. The average Bonchev–Trinajstić information content (AvgIpc) is 2.81. The predicted molar refractivity (Wildman–Crippen MR) is 80.7 cm³/mol. The molecule has 1 saturated carbocycles. The highest BCUT2D eigenvalue weighted by atomic mass is 79.9. The molecular formula is C14H17Br2NO. The molecule has 1 aromatic carbocycles. The molecule has 1 aliphatic rings. The van der Waals surface area contributed by atoms with Gasteiger partial charge in [-0.2, -0.15) is 0 Å². The van der Waals surface area contributed by atoms with Gasteiger partial charge in [-0.15, -0.1) is 0 Å². The molecule has 0 saturated heterocycles. The van der Waals surface area contributed by atoms with E-state index in [1.54, 1.807) is 0 Å². The summed E-state index contributed by atoms with van der Waals surface area (Å²) in [5, 5.41) is 3.11. The van der Waals surface area contributed by atoms with E-state index in [9.17, 15) is 4.79 Å². The van der Waals surface area contributed by atoms with Gasteiger partial charge in [0.15, 0.2) is 0 Å². The van der Waals surface area contributed by atoms with Crippen molar-refractivity contribution in [3.63, 3.8) is 0 Å². The van der Waals surface area contributed by atoms with Crippen LogP contribution in [0.3, 0.4) is 0 Å². The van der Waals surface area contributed by atoms with Gasteiger partial charge >= 0.3 is 0 Å². The highest BCUT2D eigenvalue weighted by Gasteiger charge is 2.23. The van der Waals surface area contributed by atoms with Crippen LogP contribution in [-0.2, 0) is 0 Å². The van der Waals surface area contributed by atoms with Gasteiger partial charge in [0.2, 0.25) is 0 Å². The predicted octanol–water partition coefficient (Wildman–Crippen LogP) is 4.52. The van der Waals surface area contributed by atoms with Crippen molar-refractivity contribution in [1.82, 2.24) is 5.32 Å². The van der Waals surface area contributed by atoms with Crippen molar-refractivity contribution in [1.29, 1.82) is 0 Å². The summed E-state index contributed by atoms with van der Waals surface area (Å²) in [6.45, 7) is 2.11. The fourth-order valence-corrected chi connectivity index (χ4v) is 3.76. The minimum atomic E-state index is 0.00813. The van der Waals surface area contributed by atoms with Crippen LogP contribution < -0.4 is 5.32 Å². The maximum atomic E-state index is 12.2. The lowest BCUT2D eigenvalue weighted by molar-refractivity contribution is 0.0926. The van der Waals surface area contributed by atoms with Crippen molar-refractivity contribution in [3.05, 3.63) is 32.7 Å². The summed E-state index contributed by atoms with van der Waals surface area (Å²) in [7, 11) is 0. The van der Waals surface area contributed by atoms with Crippen LogP contribution in [0.15, 0.2) is 27.1 Å². The lowest BCUT2D eigenvalue weighted by Gasteiger charge is -2.20. The summed E-state index contributed by atoms with van der Waals surface area (Å²) in [6, 6.07) is 5.88. The van der Waals surface area contributed by atoms with Crippen LogP contribution in [0.25, 0.3) is 0 Å². The van der Waals surface area contributed by atoms with Crippen LogP contribution in [0.5, 0.6) is 0 Å². The first-order valence-electron chi connectivity index (χ1n) is 6.34. The molecule has 1 unspecified atom stereocenters. The third-order valence-corrected chi connectivity index (χ3v) is 4.79. The molecule has 4 heteroatoms. The number of rotatable bonds is 3. The fourth-order valence-electron chi connectivity index (χ4n) is 2.53. The maximum Gasteiger partial charge on any atom is 0.252 e. The molecular weight excluding hydrogens is 358 g/mol. The maximum absolute atomic E-state index is 12.2. The van der Waals surface area contributed by atoms with Crippen LogP contribution in [0.2, 0.25) is 0 Å². The topological polar surface area (TPSA) is 29.1 Å². The first-order valence-corrected chi connectivity index (χ1v) is 7.92. The number of nitrogens with one attached hydrogen (secondary N) is 1. The van der Waals surface area contributed by atoms with Gasteiger partial charge in [0.25, 0.3) is 5.91 Å². The van der Waals surface area contributed by atoms with Gasteiger partial charge in [0.1, 0.15) is 0 Å². The molecule has 2 rings (SSSR count). The zero-order chi connectivity index (χ0) is 13.1. The highest BCUT2D eigenvalue weighted by molar-refractivity contribution is 9.11. The third-order valence-electron chi connectivity index (χ3n) is 3.64. The number of amides is 1. The van der Waals surface area contributed by atoms with E-state index in [0.29, 0.717) is 11.5 Å². The second kappa shape index (κ2) is 6.20. The van der Waals surface area contributed by atoms with Crippen molar-refractivity contribution in [2.75, 3.05) is 0 Å². The van der Waals surface area contributed by atoms with E-state index in [-0.39, 0.29) is 11.9 Å². The van der Waals surface area contributed by atoms with Crippen LogP contribution in [0, 0.1) is 5.92 Å². The molecule has 1 N–H and O–H groups in total. The number of benzene rings is 1. The smallest absolute Gasteiger partial charge is 0.252 e. The lowest BCUT2D eigenvalue weighted by Crippen LogP contribution is -2.37. The number of carbonyl (C=O) groups is 1. The second-order valence-electron chi connectivity index (χ2n) is 4.93. The minimum Gasteiger partial charge on any atom is -0.349 e. The first kappa shape index (κ1) is 14.1. The summed E-state index contributed by atoms with van der Waals surface area (Å²) in [4.78, 5) is 12.2. The van der Waals surface area contributed by atoms with Crippen LogP contribution in [0.1, 0.15) is 43.0 Å². The monoisotopic (exact) mass is 373 g/mol. The first-order chi connectivity index (χ1) is 8.58. The van der Waals surface area contributed by atoms with Gasteiger partial charge in [0.05, 0.1) is 5.56 Å². The molecule has 18 heavy (non-hydrogen) atoms. The summed E-state index contributed by atoms with van der Waals surface area (Å²) in [5.74, 6) is 0.650. The molecule has 0 spiro atoms. The largest absolute Gasteiger partial charge is 0.349 e. The van der Waals surface area contributed by atoms with E-state index in [2.05, 4.69) is 44.1 Å². The van der Waals surface area contributed by atoms with Crippen LogP contribution in [-0.4, -0.2) is 11.9 Å². The van der Waals surface area contributed by atoms with Gasteiger partial charge in [0, 0.05) is 15.0 Å². The Labute approximate surface area is 125 Å². The lowest BCUT2D eigenvalue weighted by atomic mass is 9.99. The molecule has 1 fully saturated rings. The van der Waals surface area contributed by atoms with Crippen LogP contribution >= 0.6 is 31.9 Å². The molecule has 1 atom stereocenters. The number of carbonyl (C=O) groups excluding carboxylic acids is 1. The second-order valence-corrected chi connectivity index (χ2v) is 6.70. The van der Waals surface area contributed by atoms with E-state index in [1.807, 2.05) is 18.2 Å². The molecule has 0 bridgehead atoms. The number of halogens is 2. The zero-order valence-electron chi connectivity index (χ0n) is 10.4. The SMILES string of the molecule is CC(NC(=O)c1ccc(Br)cc1Br)C1CCCC1. The van der Waals surface area contributed by atoms with Crippen molar-refractivity contribution in [3.8, 4) is 0 Å². The fraction of sp³-hybridized carbons (Fsp3) is 0.500. The van der Waals surface area contributed by atoms with Gasteiger partial charge < -0.3 is 5.32 Å². The van der Waals surface area contributed by atoms with Crippen molar-refractivity contribution in [2.45, 2.75) is 38.6 Å². The summed E-state index contributed by atoms with van der Waals surface area (Å²) in [6.07, 6.45) is 5.08. The summed E-state index contributed by atoms with van der Waals surface area (Å²) < 4.78 is 1.79. The molecule has 0 radical (unpaired) electrons. The Kier molecular flexibility index (Phi) is 4.84. The van der Waals surface area contributed by atoms with Crippen molar-refractivity contribution >= 4 is 37.8 Å². The van der Waals surface area contributed by atoms with E-state index in [4.69, 9.17) is 0 Å². The quantitative estimate of drug-likeness (QED) is 0.827. The zero-order valence-corrected chi connectivity index (χ0v) is 13.6. The van der Waals surface area contributed by atoms with E-state index in [0.717, 1.165) is 8.95 Å². The van der Waals surface area contributed by atoms with Crippen molar-refractivity contribution < 1.29 is 4.79 Å². The Hall–Kier alpha value is -0.350. The van der Waals surface area contributed by atoms with Gasteiger partial charge in [-0.25, -0.2) is 0 Å². The van der Waals surface area contributed by atoms with Gasteiger partial charge in [-0.1, -0.05) is 28.8 Å². The van der Waals surface area contributed by atoms with Crippen molar-refractivity contribution in [2.24, 2.45) is 5.92 Å². The third kappa shape index (κ3) is 3.35. The molecule has 1 aromatic rings. The molecule has 0 heterocycles. The van der Waals surface area contributed by atoms with E-state index < -0.39 is 0 Å². The molecule has 0 aromatic heterocycles. The molecule has 2 nitrogen and oxygen atoms in total.